The van der Waals surface area contributed by atoms with E-state index in [1.807, 2.05) is 19.0 Å². The van der Waals surface area contributed by atoms with Gasteiger partial charge in [0.1, 0.15) is 5.82 Å². The summed E-state index contributed by atoms with van der Waals surface area (Å²) in [6.07, 6.45) is 0. The minimum absolute atomic E-state index is 0.284. The Balaban J connectivity index is 2.16. The highest BCUT2D eigenvalue weighted by Gasteiger charge is 2.44. The first-order valence-corrected chi connectivity index (χ1v) is 10.00. The molecular formula is C23H28FN3O4. The number of carbonyl (C=O) groups excluding carboxylic acids is 2. The van der Waals surface area contributed by atoms with Crippen LogP contribution in [0.15, 0.2) is 36.4 Å². The van der Waals surface area contributed by atoms with E-state index in [1.165, 1.54) is 25.2 Å². The third-order valence-electron chi connectivity index (χ3n) is 5.54. The predicted molar refractivity (Wildman–Crippen MR) is 115 cm³/mol. The Morgan fingerprint density at radius 1 is 1.13 bits per heavy atom. The number of amides is 2. The van der Waals surface area contributed by atoms with Crippen LogP contribution >= 0.6 is 0 Å². The zero-order chi connectivity index (χ0) is 22.7. The molecule has 2 unspecified atom stereocenters. The van der Waals surface area contributed by atoms with Crippen LogP contribution in [0.3, 0.4) is 0 Å². The smallest absolute Gasteiger partial charge is 0.254 e. The van der Waals surface area contributed by atoms with Crippen LogP contribution in [0, 0.1) is 5.82 Å². The highest BCUT2D eigenvalue weighted by atomic mass is 19.1. The van der Waals surface area contributed by atoms with Gasteiger partial charge in [-0.15, -0.1) is 0 Å². The predicted octanol–water partition coefficient (Wildman–Crippen LogP) is 2.43. The van der Waals surface area contributed by atoms with Gasteiger partial charge in [0.05, 0.1) is 26.2 Å². The Bertz CT molecular complexity index is 979. The number of nitrogens with zero attached hydrogens (tertiary/aromatic N) is 2. The highest BCUT2D eigenvalue weighted by molar-refractivity contribution is 6.02. The lowest BCUT2D eigenvalue weighted by Gasteiger charge is -2.40. The Hall–Kier alpha value is -3.13. The van der Waals surface area contributed by atoms with Crippen molar-refractivity contribution in [3.8, 4) is 11.5 Å². The van der Waals surface area contributed by atoms with Crippen LogP contribution in [0.5, 0.6) is 11.5 Å². The molecule has 8 heteroatoms. The number of likely N-dealkylation sites (N-methyl/N-ethyl adjacent to an activating group) is 2. The second-order valence-corrected chi connectivity index (χ2v) is 7.75. The summed E-state index contributed by atoms with van der Waals surface area (Å²) in [5.41, 5.74) is 1.10. The third kappa shape index (κ3) is 4.34. The van der Waals surface area contributed by atoms with Gasteiger partial charge >= 0.3 is 0 Å². The van der Waals surface area contributed by atoms with Crippen LogP contribution in [-0.4, -0.2) is 70.1 Å². The number of methoxy groups -OCH3 is 2. The normalized spacial score (nSPS) is 18.0. The molecule has 0 spiro atoms. The molecule has 166 valence electrons. The molecule has 2 amide bonds. The maximum atomic E-state index is 14.8. The molecule has 2 aromatic carbocycles. The van der Waals surface area contributed by atoms with Crippen LogP contribution in [-0.2, 0) is 4.79 Å². The molecule has 3 rings (SSSR count). The fourth-order valence-electron chi connectivity index (χ4n) is 3.95. The van der Waals surface area contributed by atoms with E-state index in [0.717, 1.165) is 0 Å². The number of ether oxygens (including phenoxy) is 2. The zero-order valence-corrected chi connectivity index (χ0v) is 18.4. The van der Waals surface area contributed by atoms with Gasteiger partial charge in [-0.3, -0.25) is 9.59 Å². The number of fused-ring (bicyclic) bond motifs is 1. The summed E-state index contributed by atoms with van der Waals surface area (Å²) < 4.78 is 25.5. The molecule has 0 fully saturated rings. The largest absolute Gasteiger partial charge is 0.493 e. The van der Waals surface area contributed by atoms with Crippen molar-refractivity contribution < 1.29 is 23.5 Å². The van der Waals surface area contributed by atoms with E-state index in [2.05, 4.69) is 5.32 Å². The molecule has 0 radical (unpaired) electrons. The van der Waals surface area contributed by atoms with E-state index >= 15 is 0 Å². The molecule has 7 nitrogen and oxygen atoms in total. The molecule has 1 heterocycles. The molecule has 2 atom stereocenters. The van der Waals surface area contributed by atoms with Gasteiger partial charge in [-0.25, -0.2) is 4.39 Å². The first-order valence-electron chi connectivity index (χ1n) is 10.00. The first-order chi connectivity index (χ1) is 14.8. The highest BCUT2D eigenvalue weighted by Crippen LogP contribution is 2.46. The van der Waals surface area contributed by atoms with Gasteiger partial charge in [0.2, 0.25) is 5.91 Å². The fourth-order valence-corrected chi connectivity index (χ4v) is 3.95. The van der Waals surface area contributed by atoms with Crippen molar-refractivity contribution in [2.75, 3.05) is 48.5 Å². The average Bonchev–Trinajstić information content (AvgIpc) is 2.75. The van der Waals surface area contributed by atoms with E-state index < -0.39 is 17.8 Å². The lowest BCUT2D eigenvalue weighted by atomic mass is 9.79. The van der Waals surface area contributed by atoms with Crippen molar-refractivity contribution in [1.29, 1.82) is 0 Å². The molecule has 1 aliphatic rings. The van der Waals surface area contributed by atoms with Gasteiger partial charge in [-0.05, 0) is 37.9 Å². The fraction of sp³-hybridized carbons (Fsp3) is 0.391. The van der Waals surface area contributed by atoms with Crippen molar-refractivity contribution >= 4 is 11.8 Å². The van der Waals surface area contributed by atoms with Gasteiger partial charge in [-0.1, -0.05) is 18.2 Å². The number of rotatable bonds is 7. The van der Waals surface area contributed by atoms with Crippen LogP contribution in [0.2, 0.25) is 0 Å². The van der Waals surface area contributed by atoms with Crippen molar-refractivity contribution in [2.45, 2.75) is 12.0 Å². The Labute approximate surface area is 181 Å². The summed E-state index contributed by atoms with van der Waals surface area (Å²) in [4.78, 5) is 30.0. The quantitative estimate of drug-likeness (QED) is 0.732. The van der Waals surface area contributed by atoms with Gasteiger partial charge in [0.25, 0.3) is 5.91 Å². The van der Waals surface area contributed by atoms with Gasteiger partial charge in [0.15, 0.2) is 11.5 Å². The zero-order valence-electron chi connectivity index (χ0n) is 18.4. The summed E-state index contributed by atoms with van der Waals surface area (Å²) in [6, 6.07) is 8.63. The number of nitrogens with one attached hydrogen (secondary N) is 1. The molecule has 0 aromatic heterocycles. The Morgan fingerprint density at radius 2 is 1.77 bits per heavy atom. The van der Waals surface area contributed by atoms with E-state index in [1.54, 1.807) is 37.4 Å². The molecule has 2 aromatic rings. The monoisotopic (exact) mass is 429 g/mol. The number of hydrogen-bond donors (Lipinski definition) is 1. The van der Waals surface area contributed by atoms with Crippen molar-refractivity contribution in [3.63, 3.8) is 0 Å². The maximum Gasteiger partial charge on any atom is 0.254 e. The van der Waals surface area contributed by atoms with Crippen LogP contribution in [0.1, 0.15) is 33.4 Å². The average molecular weight is 429 g/mol. The molecule has 0 saturated carbocycles. The van der Waals surface area contributed by atoms with E-state index in [0.29, 0.717) is 35.7 Å². The second-order valence-electron chi connectivity index (χ2n) is 7.75. The molecular weight excluding hydrogens is 401 g/mol. The van der Waals surface area contributed by atoms with Crippen molar-refractivity contribution in [3.05, 3.63) is 58.9 Å². The van der Waals surface area contributed by atoms with E-state index in [-0.39, 0.29) is 17.4 Å². The summed E-state index contributed by atoms with van der Waals surface area (Å²) in [5.74, 6) is -1.11. The summed E-state index contributed by atoms with van der Waals surface area (Å²) in [7, 11) is 8.37. The minimum Gasteiger partial charge on any atom is -0.493 e. The van der Waals surface area contributed by atoms with Crippen molar-refractivity contribution in [2.24, 2.45) is 0 Å². The van der Waals surface area contributed by atoms with Gasteiger partial charge < -0.3 is 24.6 Å². The summed E-state index contributed by atoms with van der Waals surface area (Å²) in [6.45, 7) is 1.07. The van der Waals surface area contributed by atoms with Crippen LogP contribution in [0.4, 0.5) is 4.39 Å². The lowest BCUT2D eigenvalue weighted by molar-refractivity contribution is -0.124. The van der Waals surface area contributed by atoms with E-state index in [4.69, 9.17) is 9.47 Å². The molecule has 0 aliphatic carbocycles. The van der Waals surface area contributed by atoms with Gasteiger partial charge in [-0.2, -0.15) is 0 Å². The maximum absolute atomic E-state index is 14.8. The third-order valence-corrected chi connectivity index (χ3v) is 5.54. The molecule has 31 heavy (non-hydrogen) atoms. The first kappa shape index (κ1) is 22.6. The van der Waals surface area contributed by atoms with Crippen LogP contribution < -0.4 is 14.8 Å². The minimum atomic E-state index is -0.823. The van der Waals surface area contributed by atoms with E-state index in [9.17, 15) is 14.0 Å². The second kappa shape index (κ2) is 9.34. The number of hydrogen-bond acceptors (Lipinski definition) is 5. The summed E-state index contributed by atoms with van der Waals surface area (Å²) in [5, 5.41) is 2.93. The molecule has 0 bridgehead atoms. The standard InChI is InChI=1S/C23H28FN3O4/c1-26(2)11-10-25-22(28)20-15-12-18(30-4)19(31-5)13-16(15)23(29)27(3)21(20)14-8-6-7-9-17(14)24/h6-9,12-13,20-21H,10-11H2,1-5H3,(H,25,28). The van der Waals surface area contributed by atoms with Crippen molar-refractivity contribution in [1.82, 2.24) is 15.1 Å². The Kier molecular flexibility index (Phi) is 6.80. The van der Waals surface area contributed by atoms with Gasteiger partial charge in [0, 0.05) is 31.3 Å². The Morgan fingerprint density at radius 3 is 2.39 bits per heavy atom. The number of carbonyl (C=O) groups is 2. The summed E-state index contributed by atoms with van der Waals surface area (Å²) >= 11 is 0. The topological polar surface area (TPSA) is 71.1 Å². The molecule has 1 N–H and O–H groups in total. The lowest BCUT2D eigenvalue weighted by Crippen LogP contribution is -2.46. The van der Waals surface area contributed by atoms with Crippen LogP contribution in [0.25, 0.3) is 0 Å². The number of benzene rings is 2. The molecule has 0 saturated heterocycles. The SMILES string of the molecule is COc1cc2c(cc1OC)C(C(=O)NCCN(C)C)C(c1ccccc1F)N(C)C2=O. The number of halogens is 1. The molecule has 1 aliphatic heterocycles.